The van der Waals surface area contributed by atoms with E-state index in [4.69, 9.17) is 4.42 Å². The first-order valence-electron chi connectivity index (χ1n) is 5.46. The van der Waals surface area contributed by atoms with Gasteiger partial charge >= 0.3 is 0 Å². The molecule has 0 radical (unpaired) electrons. The van der Waals surface area contributed by atoms with Gasteiger partial charge in [-0.05, 0) is 30.3 Å². The average Bonchev–Trinajstić information content (AvgIpc) is 2.85. The Balaban J connectivity index is 1.93. The highest BCUT2D eigenvalue weighted by Gasteiger charge is 2.11. The van der Waals surface area contributed by atoms with Crippen molar-refractivity contribution in [1.29, 1.82) is 0 Å². The summed E-state index contributed by atoms with van der Waals surface area (Å²) in [4.78, 5) is 11.8. The van der Waals surface area contributed by atoms with Gasteiger partial charge in [0.15, 0.2) is 0 Å². The summed E-state index contributed by atoms with van der Waals surface area (Å²) in [5.74, 6) is 0.475. The van der Waals surface area contributed by atoms with E-state index in [0.29, 0.717) is 13.0 Å². The second kappa shape index (κ2) is 5.73. The first-order chi connectivity index (χ1) is 8.66. The molecular formula is C13H12BrNO3. The maximum absolute atomic E-state index is 11.8. The number of phenolic OH excluding ortho intramolecular Hbond substituents is 1. The molecule has 1 heterocycles. The van der Waals surface area contributed by atoms with Gasteiger partial charge < -0.3 is 14.8 Å². The zero-order valence-corrected chi connectivity index (χ0v) is 11.1. The molecule has 0 unspecified atom stereocenters. The van der Waals surface area contributed by atoms with Crippen molar-refractivity contribution < 1.29 is 14.3 Å². The van der Waals surface area contributed by atoms with E-state index in [1.165, 1.54) is 6.07 Å². The van der Waals surface area contributed by atoms with Crippen LogP contribution < -0.4 is 5.32 Å². The van der Waals surface area contributed by atoms with E-state index < -0.39 is 0 Å². The Morgan fingerprint density at radius 3 is 2.94 bits per heavy atom. The predicted molar refractivity (Wildman–Crippen MR) is 70.6 cm³/mol. The van der Waals surface area contributed by atoms with Crippen molar-refractivity contribution in [3.8, 4) is 5.75 Å². The van der Waals surface area contributed by atoms with Gasteiger partial charge in [-0.25, -0.2) is 0 Å². The lowest BCUT2D eigenvalue weighted by Gasteiger charge is -2.06. The fourth-order valence-electron chi connectivity index (χ4n) is 1.54. The van der Waals surface area contributed by atoms with E-state index in [9.17, 15) is 9.90 Å². The van der Waals surface area contributed by atoms with Gasteiger partial charge in [-0.1, -0.05) is 15.9 Å². The zero-order chi connectivity index (χ0) is 13.0. The molecule has 2 N–H and O–H groups in total. The summed E-state index contributed by atoms with van der Waals surface area (Å²) >= 11 is 3.26. The molecule has 0 saturated heterocycles. The number of carbonyl (C=O) groups excluding carboxylic acids is 1. The van der Waals surface area contributed by atoms with Crippen LogP contribution in [0.1, 0.15) is 16.1 Å². The van der Waals surface area contributed by atoms with E-state index in [1.54, 1.807) is 24.5 Å². The SMILES string of the molecule is O=C(NCCc1ccco1)c1cc(Br)ccc1O. The first-order valence-corrected chi connectivity index (χ1v) is 6.25. The topological polar surface area (TPSA) is 62.5 Å². The summed E-state index contributed by atoms with van der Waals surface area (Å²) in [6.07, 6.45) is 2.21. The number of phenols is 1. The summed E-state index contributed by atoms with van der Waals surface area (Å²) in [6.45, 7) is 0.457. The third-order valence-electron chi connectivity index (χ3n) is 2.44. The summed E-state index contributed by atoms with van der Waals surface area (Å²) in [7, 11) is 0. The van der Waals surface area contributed by atoms with Gasteiger partial charge in [0.25, 0.3) is 5.91 Å². The zero-order valence-electron chi connectivity index (χ0n) is 9.52. The smallest absolute Gasteiger partial charge is 0.255 e. The molecule has 0 aliphatic rings. The number of furan rings is 1. The van der Waals surface area contributed by atoms with Crippen LogP contribution in [0.4, 0.5) is 0 Å². The molecule has 1 amide bonds. The van der Waals surface area contributed by atoms with Crippen LogP contribution >= 0.6 is 15.9 Å². The second-order valence-electron chi connectivity index (χ2n) is 3.75. The number of halogens is 1. The Kier molecular flexibility index (Phi) is 4.04. The van der Waals surface area contributed by atoms with Crippen molar-refractivity contribution in [3.63, 3.8) is 0 Å². The van der Waals surface area contributed by atoms with Crippen LogP contribution in [0.3, 0.4) is 0 Å². The minimum atomic E-state index is -0.305. The number of aromatic hydroxyl groups is 1. The molecule has 0 bridgehead atoms. The summed E-state index contributed by atoms with van der Waals surface area (Å²) in [5, 5.41) is 12.3. The Morgan fingerprint density at radius 1 is 1.39 bits per heavy atom. The lowest BCUT2D eigenvalue weighted by Crippen LogP contribution is -2.25. The molecule has 0 saturated carbocycles. The number of hydrogen-bond donors (Lipinski definition) is 2. The van der Waals surface area contributed by atoms with Gasteiger partial charge in [-0.2, -0.15) is 0 Å². The summed E-state index contributed by atoms with van der Waals surface area (Å²) in [6, 6.07) is 8.39. The lowest BCUT2D eigenvalue weighted by atomic mass is 10.2. The van der Waals surface area contributed by atoms with Gasteiger partial charge in [0.05, 0.1) is 11.8 Å². The van der Waals surface area contributed by atoms with Crippen molar-refractivity contribution in [2.75, 3.05) is 6.54 Å². The maximum atomic E-state index is 11.8. The number of hydrogen-bond acceptors (Lipinski definition) is 3. The molecule has 94 valence electrons. The van der Waals surface area contributed by atoms with E-state index in [0.717, 1.165) is 10.2 Å². The largest absolute Gasteiger partial charge is 0.507 e. The molecule has 2 aromatic rings. The van der Waals surface area contributed by atoms with Crippen LogP contribution in [0.15, 0.2) is 45.5 Å². The molecule has 4 nitrogen and oxygen atoms in total. The normalized spacial score (nSPS) is 10.3. The maximum Gasteiger partial charge on any atom is 0.255 e. The molecule has 0 atom stereocenters. The Morgan fingerprint density at radius 2 is 2.22 bits per heavy atom. The van der Waals surface area contributed by atoms with Gasteiger partial charge in [0, 0.05) is 17.4 Å². The third-order valence-corrected chi connectivity index (χ3v) is 2.93. The molecule has 18 heavy (non-hydrogen) atoms. The number of amides is 1. The summed E-state index contributed by atoms with van der Waals surface area (Å²) < 4.78 is 5.90. The number of nitrogens with one attached hydrogen (secondary N) is 1. The Bertz CT molecular complexity index is 537. The summed E-state index contributed by atoms with van der Waals surface area (Å²) in [5.41, 5.74) is 0.254. The first kappa shape index (κ1) is 12.7. The van der Waals surface area contributed by atoms with Crippen LogP contribution in [0.25, 0.3) is 0 Å². The third kappa shape index (κ3) is 3.13. The molecular weight excluding hydrogens is 298 g/mol. The van der Waals surface area contributed by atoms with Crippen LogP contribution in [-0.2, 0) is 6.42 Å². The van der Waals surface area contributed by atoms with E-state index in [1.807, 2.05) is 6.07 Å². The monoisotopic (exact) mass is 309 g/mol. The minimum absolute atomic E-state index is 0.0336. The Labute approximate surface area is 113 Å². The molecule has 0 aliphatic heterocycles. The van der Waals surface area contributed by atoms with Crippen LogP contribution in [0, 0.1) is 0 Å². The minimum Gasteiger partial charge on any atom is -0.507 e. The molecule has 0 fully saturated rings. The van der Waals surface area contributed by atoms with Crippen molar-refractivity contribution in [1.82, 2.24) is 5.32 Å². The predicted octanol–water partition coefficient (Wildman–Crippen LogP) is 2.72. The molecule has 0 aliphatic carbocycles. The number of carbonyl (C=O) groups is 1. The van der Waals surface area contributed by atoms with Gasteiger partial charge in [0.2, 0.25) is 0 Å². The Hall–Kier alpha value is -1.75. The lowest BCUT2D eigenvalue weighted by molar-refractivity contribution is 0.0951. The van der Waals surface area contributed by atoms with Gasteiger partial charge in [-0.3, -0.25) is 4.79 Å². The van der Waals surface area contributed by atoms with Gasteiger partial charge in [0.1, 0.15) is 11.5 Å². The van der Waals surface area contributed by atoms with Crippen LogP contribution in [0.5, 0.6) is 5.75 Å². The quantitative estimate of drug-likeness (QED) is 0.913. The fourth-order valence-corrected chi connectivity index (χ4v) is 1.90. The number of rotatable bonds is 4. The molecule has 5 heteroatoms. The van der Waals surface area contributed by atoms with E-state index in [2.05, 4.69) is 21.2 Å². The van der Waals surface area contributed by atoms with Crippen LogP contribution in [-0.4, -0.2) is 17.6 Å². The molecule has 0 spiro atoms. The van der Waals surface area contributed by atoms with E-state index >= 15 is 0 Å². The van der Waals surface area contributed by atoms with Gasteiger partial charge in [-0.15, -0.1) is 0 Å². The molecule has 1 aromatic carbocycles. The second-order valence-corrected chi connectivity index (χ2v) is 4.66. The highest BCUT2D eigenvalue weighted by Crippen LogP contribution is 2.21. The molecule has 1 aromatic heterocycles. The average molecular weight is 310 g/mol. The van der Waals surface area contributed by atoms with E-state index in [-0.39, 0.29) is 17.2 Å². The van der Waals surface area contributed by atoms with Crippen molar-refractivity contribution in [2.45, 2.75) is 6.42 Å². The van der Waals surface area contributed by atoms with Crippen molar-refractivity contribution in [3.05, 3.63) is 52.4 Å². The van der Waals surface area contributed by atoms with Crippen LogP contribution in [0.2, 0.25) is 0 Å². The molecule has 2 rings (SSSR count). The highest BCUT2D eigenvalue weighted by molar-refractivity contribution is 9.10. The standard InChI is InChI=1S/C13H12BrNO3/c14-9-3-4-12(16)11(8-9)13(17)15-6-5-10-2-1-7-18-10/h1-4,7-8,16H,5-6H2,(H,15,17). The number of benzene rings is 1. The highest BCUT2D eigenvalue weighted by atomic mass is 79.9. The van der Waals surface area contributed by atoms with Crippen molar-refractivity contribution in [2.24, 2.45) is 0 Å². The fraction of sp³-hybridized carbons (Fsp3) is 0.154. The van der Waals surface area contributed by atoms with Crippen molar-refractivity contribution >= 4 is 21.8 Å².